The largest absolute Gasteiger partial charge is 0.481 e. The van der Waals surface area contributed by atoms with E-state index in [9.17, 15) is 9.59 Å². The molecule has 2 N–H and O–H groups in total. The maximum Gasteiger partial charge on any atom is 0.303 e. The van der Waals surface area contributed by atoms with E-state index in [4.69, 9.17) is 14.6 Å². The van der Waals surface area contributed by atoms with Crippen LogP contribution in [0.4, 0.5) is 0 Å². The van der Waals surface area contributed by atoms with Gasteiger partial charge in [0.2, 0.25) is 0 Å². The van der Waals surface area contributed by atoms with Gasteiger partial charge in [0, 0.05) is 19.1 Å². The minimum absolute atomic E-state index is 0.0510. The van der Waals surface area contributed by atoms with Crippen molar-refractivity contribution in [3.8, 4) is 5.75 Å². The number of methoxy groups -OCH3 is 1. The second-order valence-corrected chi connectivity index (χ2v) is 7.38. The fourth-order valence-electron chi connectivity index (χ4n) is 3.61. The molecule has 3 aromatic carbocycles. The van der Waals surface area contributed by atoms with E-state index in [1.807, 2.05) is 55.5 Å². The first kappa shape index (κ1) is 22.3. The van der Waals surface area contributed by atoms with E-state index in [0.29, 0.717) is 24.2 Å². The second-order valence-electron chi connectivity index (χ2n) is 7.38. The van der Waals surface area contributed by atoms with Gasteiger partial charge in [-0.3, -0.25) is 9.59 Å². The minimum atomic E-state index is -0.851. The molecule has 0 saturated carbocycles. The predicted molar refractivity (Wildman–Crippen MR) is 119 cm³/mol. The van der Waals surface area contributed by atoms with Crippen LogP contribution in [0.2, 0.25) is 0 Å². The molecule has 162 valence electrons. The van der Waals surface area contributed by atoms with Crippen LogP contribution in [-0.4, -0.2) is 30.9 Å². The number of benzene rings is 3. The molecule has 6 nitrogen and oxygen atoms in total. The number of fused-ring (bicyclic) bond motifs is 1. The van der Waals surface area contributed by atoms with Crippen LogP contribution < -0.4 is 10.1 Å². The summed E-state index contributed by atoms with van der Waals surface area (Å²) in [5.41, 5.74) is 2.30. The summed E-state index contributed by atoms with van der Waals surface area (Å²) in [4.78, 5) is 24.1. The third-order valence-electron chi connectivity index (χ3n) is 5.14. The standard InChI is InChI=1S/C25H27NO5/c1-17(21-11-5-8-18-7-3-4-10-22(18)21)26-25(29)23-15-20(31-16-30-2)14-13-19(23)9-6-12-24(27)28/h3-5,7-8,10-11,13-15,17H,6,9,12,16H2,1-2H3,(H,26,29)(H,27,28)/t17-/m1/s1. The maximum absolute atomic E-state index is 13.2. The Morgan fingerprint density at radius 3 is 2.61 bits per heavy atom. The van der Waals surface area contributed by atoms with Gasteiger partial charge in [-0.1, -0.05) is 48.5 Å². The molecule has 3 aromatic rings. The summed E-state index contributed by atoms with van der Waals surface area (Å²) in [7, 11) is 1.53. The molecule has 0 bridgehead atoms. The molecule has 0 aliphatic heterocycles. The van der Waals surface area contributed by atoms with Crippen LogP contribution in [0.5, 0.6) is 5.75 Å². The third-order valence-corrected chi connectivity index (χ3v) is 5.14. The number of aliphatic carboxylic acids is 1. The lowest BCUT2D eigenvalue weighted by Gasteiger charge is -2.18. The van der Waals surface area contributed by atoms with E-state index in [-0.39, 0.29) is 25.2 Å². The normalized spacial score (nSPS) is 11.8. The van der Waals surface area contributed by atoms with E-state index < -0.39 is 5.97 Å². The van der Waals surface area contributed by atoms with E-state index in [1.165, 1.54) is 7.11 Å². The summed E-state index contributed by atoms with van der Waals surface area (Å²) in [6, 6.07) is 19.1. The number of rotatable bonds is 10. The molecule has 0 heterocycles. The van der Waals surface area contributed by atoms with Gasteiger partial charge in [-0.25, -0.2) is 0 Å². The average molecular weight is 421 g/mol. The number of ether oxygens (including phenoxy) is 2. The number of nitrogens with one attached hydrogen (secondary N) is 1. The molecule has 1 amide bonds. The Kier molecular flexibility index (Phi) is 7.62. The molecular weight excluding hydrogens is 394 g/mol. The number of hydrogen-bond acceptors (Lipinski definition) is 4. The highest BCUT2D eigenvalue weighted by Crippen LogP contribution is 2.26. The molecule has 0 unspecified atom stereocenters. The maximum atomic E-state index is 13.2. The summed E-state index contributed by atoms with van der Waals surface area (Å²) >= 11 is 0. The van der Waals surface area contributed by atoms with Crippen LogP contribution in [0.3, 0.4) is 0 Å². The number of carbonyl (C=O) groups is 2. The van der Waals surface area contributed by atoms with Gasteiger partial charge in [0.05, 0.1) is 6.04 Å². The van der Waals surface area contributed by atoms with Crippen LogP contribution in [0.25, 0.3) is 10.8 Å². The Labute approximate surface area is 181 Å². The van der Waals surface area contributed by atoms with Crippen molar-refractivity contribution in [3.63, 3.8) is 0 Å². The lowest BCUT2D eigenvalue weighted by Crippen LogP contribution is -2.27. The number of carboxylic acids is 1. The van der Waals surface area contributed by atoms with Gasteiger partial charge in [0.15, 0.2) is 6.79 Å². The monoisotopic (exact) mass is 421 g/mol. The summed E-state index contributed by atoms with van der Waals surface area (Å²) in [5, 5.41) is 14.2. The number of carboxylic acid groups (broad SMARTS) is 1. The van der Waals surface area contributed by atoms with Gasteiger partial charge in [-0.15, -0.1) is 0 Å². The van der Waals surface area contributed by atoms with Crippen molar-refractivity contribution in [1.82, 2.24) is 5.32 Å². The van der Waals surface area contributed by atoms with Crippen LogP contribution in [0.1, 0.15) is 47.3 Å². The third kappa shape index (κ3) is 5.83. The Morgan fingerprint density at radius 1 is 1.06 bits per heavy atom. The molecule has 3 rings (SSSR count). The molecule has 0 saturated heterocycles. The number of carbonyl (C=O) groups excluding carboxylic acids is 1. The molecule has 0 spiro atoms. The van der Waals surface area contributed by atoms with Crippen molar-refractivity contribution in [2.45, 2.75) is 32.2 Å². The highest BCUT2D eigenvalue weighted by molar-refractivity contribution is 5.97. The zero-order valence-corrected chi connectivity index (χ0v) is 17.8. The molecule has 0 aliphatic carbocycles. The lowest BCUT2D eigenvalue weighted by atomic mass is 9.98. The van der Waals surface area contributed by atoms with Crippen LogP contribution in [-0.2, 0) is 16.0 Å². The smallest absolute Gasteiger partial charge is 0.303 e. The predicted octanol–water partition coefficient (Wildman–Crippen LogP) is 4.72. The highest BCUT2D eigenvalue weighted by atomic mass is 16.7. The molecule has 0 aromatic heterocycles. The molecular formula is C25H27NO5. The first-order valence-corrected chi connectivity index (χ1v) is 10.2. The van der Waals surface area contributed by atoms with Crippen molar-refractivity contribution in [3.05, 3.63) is 77.4 Å². The number of amides is 1. The van der Waals surface area contributed by atoms with E-state index in [2.05, 4.69) is 5.32 Å². The quantitative estimate of drug-likeness (QED) is 0.463. The topological polar surface area (TPSA) is 84.9 Å². The molecule has 31 heavy (non-hydrogen) atoms. The number of hydrogen-bond donors (Lipinski definition) is 2. The SMILES string of the molecule is COCOc1ccc(CCCC(=O)O)c(C(=O)N[C@H](C)c2cccc3ccccc23)c1. The van der Waals surface area contributed by atoms with E-state index in [0.717, 1.165) is 21.9 Å². The van der Waals surface area contributed by atoms with Crippen LogP contribution in [0, 0.1) is 0 Å². The molecule has 0 aliphatic rings. The van der Waals surface area contributed by atoms with Gasteiger partial charge >= 0.3 is 5.97 Å². The number of aryl methyl sites for hydroxylation is 1. The lowest BCUT2D eigenvalue weighted by molar-refractivity contribution is -0.137. The Balaban J connectivity index is 1.84. The first-order chi connectivity index (χ1) is 15.0. The Hall–Kier alpha value is -3.38. The zero-order chi connectivity index (χ0) is 22.2. The molecule has 0 fully saturated rings. The van der Waals surface area contributed by atoms with Crippen LogP contribution >= 0.6 is 0 Å². The van der Waals surface area contributed by atoms with Gasteiger partial charge in [0.1, 0.15) is 5.75 Å². The van der Waals surface area contributed by atoms with Crippen molar-refractivity contribution in [2.75, 3.05) is 13.9 Å². The molecule has 0 radical (unpaired) electrons. The zero-order valence-electron chi connectivity index (χ0n) is 17.8. The average Bonchev–Trinajstić information content (AvgIpc) is 2.77. The van der Waals surface area contributed by atoms with Gasteiger partial charge in [0.25, 0.3) is 5.91 Å². The summed E-state index contributed by atoms with van der Waals surface area (Å²) in [6.07, 6.45) is 0.990. The fraction of sp³-hybridized carbons (Fsp3) is 0.280. The summed E-state index contributed by atoms with van der Waals surface area (Å²) < 4.78 is 10.4. The van der Waals surface area contributed by atoms with Crippen molar-refractivity contribution in [1.29, 1.82) is 0 Å². The summed E-state index contributed by atoms with van der Waals surface area (Å²) in [5.74, 6) is -0.559. The minimum Gasteiger partial charge on any atom is -0.481 e. The Morgan fingerprint density at radius 2 is 1.84 bits per heavy atom. The van der Waals surface area contributed by atoms with Gasteiger partial charge in [-0.05, 0) is 53.8 Å². The van der Waals surface area contributed by atoms with Crippen molar-refractivity contribution >= 4 is 22.6 Å². The van der Waals surface area contributed by atoms with Gasteiger partial charge in [-0.2, -0.15) is 0 Å². The summed E-state index contributed by atoms with van der Waals surface area (Å²) in [6.45, 7) is 2.03. The second kappa shape index (κ2) is 10.6. The van der Waals surface area contributed by atoms with Crippen molar-refractivity contribution < 1.29 is 24.2 Å². The van der Waals surface area contributed by atoms with Crippen molar-refractivity contribution in [2.24, 2.45) is 0 Å². The van der Waals surface area contributed by atoms with Gasteiger partial charge < -0.3 is 19.9 Å². The van der Waals surface area contributed by atoms with E-state index in [1.54, 1.807) is 12.1 Å². The molecule has 6 heteroatoms. The fourth-order valence-corrected chi connectivity index (χ4v) is 3.61. The molecule has 1 atom stereocenters. The first-order valence-electron chi connectivity index (χ1n) is 10.2. The Bertz CT molecular complexity index is 1060. The van der Waals surface area contributed by atoms with Crippen LogP contribution in [0.15, 0.2) is 60.7 Å². The highest BCUT2D eigenvalue weighted by Gasteiger charge is 2.17. The van der Waals surface area contributed by atoms with E-state index >= 15 is 0 Å².